The lowest BCUT2D eigenvalue weighted by Crippen LogP contribution is -2.41. The molecule has 134 valence electrons. The number of nitrogens with zero attached hydrogens (tertiary/aromatic N) is 4. The van der Waals surface area contributed by atoms with Gasteiger partial charge >= 0.3 is 11.2 Å². The molecule has 25 heavy (non-hydrogen) atoms. The first-order chi connectivity index (χ1) is 12.0. The van der Waals surface area contributed by atoms with Crippen molar-refractivity contribution in [2.45, 2.75) is 52.0 Å². The molecule has 1 aliphatic rings. The summed E-state index contributed by atoms with van der Waals surface area (Å²) in [5.74, 6) is 0.809. The summed E-state index contributed by atoms with van der Waals surface area (Å²) in [4.78, 5) is 30.2. The van der Waals surface area contributed by atoms with Crippen LogP contribution in [0.4, 0.5) is 11.5 Å². The Bertz CT molecular complexity index is 831. The number of hydrogen-bond donors (Lipinski definition) is 0. The number of rotatable bonds is 5. The molecule has 0 aromatic carbocycles. The van der Waals surface area contributed by atoms with E-state index >= 15 is 0 Å². The molecule has 0 aliphatic carbocycles. The number of anilines is 1. The average Bonchev–Trinajstić information content (AvgIpc) is 2.59. The normalized spacial score (nSPS) is 18.0. The fraction of sp³-hybridized carbons (Fsp3) is 0.556. The van der Waals surface area contributed by atoms with Gasteiger partial charge < -0.3 is 4.90 Å². The van der Waals surface area contributed by atoms with E-state index in [0.29, 0.717) is 18.1 Å². The van der Waals surface area contributed by atoms with Crippen LogP contribution < -0.4 is 10.5 Å². The highest BCUT2D eigenvalue weighted by atomic mass is 16.6. The molecule has 1 atom stereocenters. The number of aromatic nitrogens is 2. The Hall–Kier alpha value is -2.44. The van der Waals surface area contributed by atoms with Crippen molar-refractivity contribution >= 4 is 17.2 Å². The molecule has 3 rings (SSSR count). The monoisotopic (exact) mass is 344 g/mol. The lowest BCUT2D eigenvalue weighted by Gasteiger charge is -2.36. The van der Waals surface area contributed by atoms with Crippen molar-refractivity contribution in [1.82, 2.24) is 9.38 Å². The molecule has 1 unspecified atom stereocenters. The third kappa shape index (κ3) is 3.50. The Kier molecular flexibility index (Phi) is 5.01. The largest absolute Gasteiger partial charge is 0.376 e. The summed E-state index contributed by atoms with van der Waals surface area (Å²) in [5, 5.41) is 11.6. The Labute approximate surface area is 146 Å². The first-order valence-electron chi connectivity index (χ1n) is 8.91. The number of hydrogen-bond acceptors (Lipinski definition) is 5. The summed E-state index contributed by atoms with van der Waals surface area (Å²) in [5.41, 5.74) is -0.583. The van der Waals surface area contributed by atoms with Crippen LogP contribution in [0.5, 0.6) is 0 Å². The Morgan fingerprint density at radius 2 is 2.16 bits per heavy atom. The van der Waals surface area contributed by atoms with Crippen LogP contribution in [-0.2, 0) is 0 Å². The van der Waals surface area contributed by atoms with Gasteiger partial charge in [0.2, 0.25) is 5.82 Å². The van der Waals surface area contributed by atoms with E-state index in [1.807, 2.05) is 4.90 Å². The van der Waals surface area contributed by atoms with Gasteiger partial charge in [0, 0.05) is 18.8 Å². The van der Waals surface area contributed by atoms with Crippen LogP contribution in [-0.4, -0.2) is 26.9 Å². The second-order valence-corrected chi connectivity index (χ2v) is 7.09. The molecule has 0 spiro atoms. The minimum absolute atomic E-state index is 0.202. The van der Waals surface area contributed by atoms with Gasteiger partial charge in [0.15, 0.2) is 0 Å². The lowest BCUT2D eigenvalue weighted by molar-refractivity contribution is -0.385. The van der Waals surface area contributed by atoms with Crippen LogP contribution in [0.1, 0.15) is 46.0 Å². The predicted molar refractivity (Wildman–Crippen MR) is 97.2 cm³/mol. The molecule has 0 radical (unpaired) electrons. The maximum atomic E-state index is 12.7. The van der Waals surface area contributed by atoms with Gasteiger partial charge in [0.25, 0.3) is 0 Å². The molecule has 3 heterocycles. The smallest absolute Gasteiger partial charge is 0.348 e. The Morgan fingerprint density at radius 3 is 2.88 bits per heavy atom. The summed E-state index contributed by atoms with van der Waals surface area (Å²) in [6.07, 6.45) is 6.60. The highest BCUT2D eigenvalue weighted by Gasteiger charge is 2.32. The van der Waals surface area contributed by atoms with Crippen LogP contribution in [0.15, 0.2) is 29.2 Å². The van der Waals surface area contributed by atoms with E-state index < -0.39 is 16.2 Å². The van der Waals surface area contributed by atoms with Gasteiger partial charge in [-0.2, -0.15) is 0 Å². The molecule has 0 saturated carbocycles. The van der Waals surface area contributed by atoms with Gasteiger partial charge in [0.1, 0.15) is 5.65 Å². The van der Waals surface area contributed by atoms with Crippen LogP contribution >= 0.6 is 0 Å². The van der Waals surface area contributed by atoms with Crippen LogP contribution in [0.25, 0.3) is 5.65 Å². The second kappa shape index (κ2) is 7.21. The third-order valence-corrected chi connectivity index (χ3v) is 4.85. The second-order valence-electron chi connectivity index (χ2n) is 7.09. The van der Waals surface area contributed by atoms with Gasteiger partial charge in [-0.15, -0.1) is 0 Å². The molecule has 1 aliphatic heterocycles. The SMILES string of the molecule is CC(C)CCC1CCCCN1c1nc2ccccn2c(=O)c1[N+](=O)[O-]. The molecule has 2 aromatic rings. The average molecular weight is 344 g/mol. The van der Waals surface area contributed by atoms with Crippen molar-refractivity contribution in [2.24, 2.45) is 5.92 Å². The minimum atomic E-state index is -0.612. The maximum Gasteiger partial charge on any atom is 0.376 e. The first-order valence-corrected chi connectivity index (χ1v) is 8.91. The van der Waals surface area contributed by atoms with Crippen molar-refractivity contribution < 1.29 is 4.92 Å². The minimum Gasteiger partial charge on any atom is -0.348 e. The standard InChI is InChI=1S/C18H24N4O3/c1-13(2)9-10-14-7-3-5-11-20(14)17-16(22(24)25)18(23)21-12-6-4-8-15(21)19-17/h4,6,8,12-14H,3,5,7,9-11H2,1-2H3. The van der Waals surface area contributed by atoms with Gasteiger partial charge in [-0.1, -0.05) is 19.9 Å². The summed E-state index contributed by atoms with van der Waals surface area (Å²) in [6.45, 7) is 5.06. The van der Waals surface area contributed by atoms with Crippen molar-refractivity contribution in [3.8, 4) is 0 Å². The highest BCUT2D eigenvalue weighted by molar-refractivity contribution is 5.62. The van der Waals surface area contributed by atoms with Crippen molar-refractivity contribution in [1.29, 1.82) is 0 Å². The molecule has 0 N–H and O–H groups in total. The number of fused-ring (bicyclic) bond motifs is 1. The van der Waals surface area contributed by atoms with E-state index in [0.717, 1.165) is 32.1 Å². The van der Waals surface area contributed by atoms with E-state index in [1.165, 1.54) is 10.6 Å². The van der Waals surface area contributed by atoms with Gasteiger partial charge in [-0.3, -0.25) is 19.3 Å². The van der Waals surface area contributed by atoms with Gasteiger partial charge in [-0.05, 0) is 50.2 Å². The topological polar surface area (TPSA) is 80.8 Å². The fourth-order valence-corrected chi connectivity index (χ4v) is 3.53. The highest BCUT2D eigenvalue weighted by Crippen LogP contribution is 2.31. The predicted octanol–water partition coefficient (Wildman–Crippen LogP) is 3.40. The van der Waals surface area contributed by atoms with Crippen molar-refractivity contribution in [3.63, 3.8) is 0 Å². The molecule has 2 aromatic heterocycles. The zero-order valence-corrected chi connectivity index (χ0v) is 14.7. The van der Waals surface area contributed by atoms with Crippen LogP contribution in [0.2, 0.25) is 0 Å². The molecule has 1 saturated heterocycles. The molecule has 0 bridgehead atoms. The zero-order chi connectivity index (χ0) is 18.0. The summed E-state index contributed by atoms with van der Waals surface area (Å²) in [7, 11) is 0. The van der Waals surface area contributed by atoms with Crippen molar-refractivity contribution in [3.05, 3.63) is 44.9 Å². The number of pyridine rings is 1. The van der Waals surface area contributed by atoms with Gasteiger partial charge in [0.05, 0.1) is 4.92 Å². The van der Waals surface area contributed by atoms with E-state index in [4.69, 9.17) is 0 Å². The molecule has 7 nitrogen and oxygen atoms in total. The van der Waals surface area contributed by atoms with Gasteiger partial charge in [-0.25, -0.2) is 4.98 Å². The number of nitro groups is 1. The van der Waals surface area contributed by atoms with E-state index in [9.17, 15) is 14.9 Å². The molecule has 1 fully saturated rings. The lowest BCUT2D eigenvalue weighted by atomic mass is 9.94. The van der Waals surface area contributed by atoms with E-state index in [-0.39, 0.29) is 11.9 Å². The van der Waals surface area contributed by atoms with Crippen LogP contribution in [0.3, 0.4) is 0 Å². The first kappa shape index (κ1) is 17.4. The third-order valence-electron chi connectivity index (χ3n) is 4.85. The summed E-state index contributed by atoms with van der Waals surface area (Å²) >= 11 is 0. The molecular weight excluding hydrogens is 320 g/mol. The quantitative estimate of drug-likeness (QED) is 0.613. The number of piperidine rings is 1. The van der Waals surface area contributed by atoms with Crippen LogP contribution in [0, 0.1) is 16.0 Å². The Balaban J connectivity index is 2.10. The fourth-order valence-electron chi connectivity index (χ4n) is 3.53. The van der Waals surface area contributed by atoms with E-state index in [2.05, 4.69) is 18.8 Å². The zero-order valence-electron chi connectivity index (χ0n) is 14.7. The maximum absolute atomic E-state index is 12.7. The molecule has 0 amide bonds. The molecule has 7 heteroatoms. The summed E-state index contributed by atoms with van der Waals surface area (Å²) < 4.78 is 1.24. The summed E-state index contributed by atoms with van der Waals surface area (Å²) in [6, 6.07) is 5.37. The molecular formula is C18H24N4O3. The Morgan fingerprint density at radius 1 is 1.36 bits per heavy atom. The van der Waals surface area contributed by atoms with Crippen molar-refractivity contribution in [2.75, 3.05) is 11.4 Å². The van der Waals surface area contributed by atoms with E-state index in [1.54, 1.807) is 18.2 Å².